The first kappa shape index (κ1) is 28.9. The summed E-state index contributed by atoms with van der Waals surface area (Å²) in [6.45, 7) is 0.266. The summed E-state index contributed by atoms with van der Waals surface area (Å²) in [7, 11) is -4.61. The molecule has 2 saturated heterocycles. The third kappa shape index (κ3) is 6.81. The van der Waals surface area contributed by atoms with Gasteiger partial charge >= 0.3 is 13.8 Å². The number of nitrogen functional groups attached to an aromatic ring is 1. The molecule has 17 heteroatoms. The second kappa shape index (κ2) is 12.1. The number of rotatable bonds is 11. The number of anilines is 1. The number of carboxylic acid groups (broad SMARTS) is 1. The molecule has 0 bridgehead atoms. The topological polar surface area (TPSA) is 233 Å². The molecule has 2 aromatic heterocycles. The fourth-order valence-electron chi connectivity index (χ4n) is 4.75. The number of aliphatic hydroxyl groups excluding tert-OH is 1. The number of benzene rings is 1. The second-order valence-electron chi connectivity index (χ2n) is 9.77. The van der Waals surface area contributed by atoms with Gasteiger partial charge in [-0.15, -0.1) is 0 Å². The van der Waals surface area contributed by atoms with Crippen LogP contribution in [-0.2, 0) is 29.8 Å². The number of nitrogens with two attached hydrogens (primary N) is 1. The Bertz CT molecular complexity index is 1450. The van der Waals surface area contributed by atoms with E-state index in [1.54, 1.807) is 4.57 Å². The number of carbonyl (C=O) groups excluding carboxylic acids is 1. The van der Waals surface area contributed by atoms with E-state index in [4.69, 9.17) is 19.5 Å². The molecule has 1 amide bonds. The zero-order valence-corrected chi connectivity index (χ0v) is 22.6. The minimum absolute atomic E-state index is 0.00132. The maximum absolute atomic E-state index is 12.6. The number of carboxylic acids is 1. The van der Waals surface area contributed by atoms with Crippen molar-refractivity contribution < 1.29 is 43.0 Å². The minimum Gasteiger partial charge on any atom is -0.480 e. The van der Waals surface area contributed by atoms with Gasteiger partial charge in [-0.2, -0.15) is 0 Å². The number of phosphoric ester groups is 1. The molecule has 6 atom stereocenters. The van der Waals surface area contributed by atoms with E-state index < -0.39 is 50.9 Å². The van der Waals surface area contributed by atoms with E-state index in [2.05, 4.69) is 25.6 Å². The van der Waals surface area contributed by atoms with Gasteiger partial charge in [0.25, 0.3) is 0 Å². The summed E-state index contributed by atoms with van der Waals surface area (Å²) in [6, 6.07) is 4.25. The molecule has 0 aliphatic carbocycles. The van der Waals surface area contributed by atoms with Gasteiger partial charge in [-0.1, -0.05) is 12.1 Å². The molecule has 4 heterocycles. The van der Waals surface area contributed by atoms with E-state index in [1.165, 1.54) is 36.9 Å². The summed E-state index contributed by atoms with van der Waals surface area (Å²) in [5, 5.41) is 25.6. The van der Waals surface area contributed by atoms with Crippen LogP contribution in [0, 0.1) is 0 Å². The number of aliphatic carboxylic acids is 1. The number of nitrogens with zero attached hydrogens (tertiary/aromatic N) is 4. The Morgan fingerprint density at radius 2 is 2.05 bits per heavy atom. The molecular weight excluding hydrogens is 561 g/mol. The Morgan fingerprint density at radius 1 is 1.27 bits per heavy atom. The first-order valence-corrected chi connectivity index (χ1v) is 14.4. The van der Waals surface area contributed by atoms with Crippen LogP contribution in [0.25, 0.3) is 11.2 Å². The van der Waals surface area contributed by atoms with Crippen LogP contribution in [0.15, 0.2) is 36.9 Å². The first-order chi connectivity index (χ1) is 19.6. The smallest absolute Gasteiger partial charge is 0.480 e. The fourth-order valence-corrected chi connectivity index (χ4v) is 5.52. The molecule has 2 aliphatic rings. The average Bonchev–Trinajstić information content (AvgIpc) is 3.68. The second-order valence-corrected chi connectivity index (χ2v) is 11.1. The fraction of sp³-hybridized carbons (Fsp3) is 0.458. The Labute approximate surface area is 233 Å². The molecule has 0 radical (unpaired) electrons. The van der Waals surface area contributed by atoms with E-state index >= 15 is 0 Å². The van der Waals surface area contributed by atoms with Crippen LogP contribution in [0.5, 0.6) is 5.75 Å². The molecule has 2 fully saturated rings. The van der Waals surface area contributed by atoms with Crippen LogP contribution >= 0.6 is 7.82 Å². The lowest BCUT2D eigenvalue weighted by molar-refractivity contribution is -0.142. The Hall–Kier alpha value is -3.66. The highest BCUT2D eigenvalue weighted by atomic mass is 31.2. The highest BCUT2D eigenvalue weighted by molar-refractivity contribution is 7.47. The number of nitrogens with one attached hydrogen (secondary N) is 2. The minimum atomic E-state index is -4.61. The number of amides is 1. The maximum Gasteiger partial charge on any atom is 0.527 e. The molecule has 7 N–H and O–H groups in total. The van der Waals surface area contributed by atoms with Crippen molar-refractivity contribution in [2.45, 2.75) is 56.2 Å². The number of imidazole rings is 1. The lowest BCUT2D eigenvalue weighted by atomic mass is 10.1. The van der Waals surface area contributed by atoms with Gasteiger partial charge in [-0.3, -0.25) is 18.8 Å². The summed E-state index contributed by atoms with van der Waals surface area (Å²) < 4.78 is 30.2. The zero-order chi connectivity index (χ0) is 29.1. The van der Waals surface area contributed by atoms with Crippen LogP contribution in [-0.4, -0.2) is 83.9 Å². The number of aromatic nitrogens is 4. The van der Waals surface area contributed by atoms with E-state index in [0.29, 0.717) is 29.7 Å². The quantitative estimate of drug-likeness (QED) is 0.163. The van der Waals surface area contributed by atoms with Gasteiger partial charge in [0.15, 0.2) is 11.5 Å². The Morgan fingerprint density at radius 3 is 2.76 bits per heavy atom. The van der Waals surface area contributed by atoms with Crippen molar-refractivity contribution >= 4 is 36.7 Å². The standard InChI is InChI=1S/C24H30N7O9P/c25-21-20-22(28-11-27-21)31(12-29-20)19-9-17(32)18(39-19)10-38-41(36,37)40-14-5-3-13(4-6-14)8-16(24(34)35)30-23(33)15-2-1-7-26-15/h3-6,11-12,15-19,26,32H,1-2,7-10H2,(H,30,33)(H,34,35)(H,36,37)(H2,25,27,28)/t15-,16+,17-,18-,19-/m0/s1. The lowest BCUT2D eigenvalue weighted by Gasteiger charge is -2.19. The number of carbonyl (C=O) groups is 2. The van der Waals surface area contributed by atoms with Gasteiger partial charge in [0, 0.05) is 12.8 Å². The molecule has 220 valence electrons. The maximum atomic E-state index is 12.6. The van der Waals surface area contributed by atoms with E-state index in [1.807, 2.05) is 0 Å². The summed E-state index contributed by atoms with van der Waals surface area (Å²) in [5.41, 5.74) is 7.17. The van der Waals surface area contributed by atoms with E-state index in [9.17, 15) is 29.3 Å². The highest BCUT2D eigenvalue weighted by Crippen LogP contribution is 2.45. The van der Waals surface area contributed by atoms with Crippen molar-refractivity contribution in [2.75, 3.05) is 18.9 Å². The molecule has 2 aliphatic heterocycles. The Kier molecular flexibility index (Phi) is 8.49. The molecule has 16 nitrogen and oxygen atoms in total. The van der Waals surface area contributed by atoms with Crippen LogP contribution < -0.4 is 20.9 Å². The molecule has 41 heavy (non-hydrogen) atoms. The van der Waals surface area contributed by atoms with Gasteiger partial charge in [0.1, 0.15) is 36.0 Å². The van der Waals surface area contributed by atoms with E-state index in [0.717, 1.165) is 6.42 Å². The molecule has 0 saturated carbocycles. The summed E-state index contributed by atoms with van der Waals surface area (Å²) in [5.74, 6) is -1.35. The summed E-state index contributed by atoms with van der Waals surface area (Å²) in [4.78, 5) is 46.4. The van der Waals surface area contributed by atoms with Gasteiger partial charge in [-0.05, 0) is 37.1 Å². The lowest BCUT2D eigenvalue weighted by Crippen LogP contribution is -2.49. The molecule has 1 unspecified atom stereocenters. The van der Waals surface area contributed by atoms with E-state index in [-0.39, 0.29) is 30.3 Å². The van der Waals surface area contributed by atoms with Crippen molar-refractivity contribution in [3.63, 3.8) is 0 Å². The predicted octanol–water partition coefficient (Wildman–Crippen LogP) is 0.117. The van der Waals surface area contributed by atoms with Crippen LogP contribution in [0.4, 0.5) is 5.82 Å². The molecule has 5 rings (SSSR count). The zero-order valence-electron chi connectivity index (χ0n) is 21.7. The molecule has 1 aromatic carbocycles. The number of aliphatic hydroxyl groups is 1. The van der Waals surface area contributed by atoms with Crippen molar-refractivity contribution in [1.82, 2.24) is 30.2 Å². The number of phosphoric acid groups is 1. The number of ether oxygens (including phenoxy) is 1. The van der Waals surface area contributed by atoms with Crippen molar-refractivity contribution in [1.29, 1.82) is 0 Å². The van der Waals surface area contributed by atoms with Crippen molar-refractivity contribution in [2.24, 2.45) is 0 Å². The van der Waals surface area contributed by atoms with Crippen LogP contribution in [0.2, 0.25) is 0 Å². The van der Waals surface area contributed by atoms with Crippen molar-refractivity contribution in [3.8, 4) is 5.75 Å². The van der Waals surface area contributed by atoms with Crippen LogP contribution in [0.1, 0.15) is 31.1 Å². The average molecular weight is 592 g/mol. The monoisotopic (exact) mass is 591 g/mol. The number of fused-ring (bicyclic) bond motifs is 1. The molecule has 0 spiro atoms. The summed E-state index contributed by atoms with van der Waals surface area (Å²) in [6.07, 6.45) is 1.77. The van der Waals surface area contributed by atoms with Gasteiger partial charge in [0.2, 0.25) is 5.91 Å². The summed E-state index contributed by atoms with van der Waals surface area (Å²) >= 11 is 0. The first-order valence-electron chi connectivity index (χ1n) is 12.9. The SMILES string of the molecule is Nc1ncnc2c1ncn2[C@@H]1C[C@H](O)[C@H](COP(=O)(O)Oc2ccc(C[C@@H](NC(=O)[C@@H]3CCCN3)C(=O)O)cc2)O1. The Balaban J connectivity index is 1.13. The molecule has 3 aromatic rings. The highest BCUT2D eigenvalue weighted by Gasteiger charge is 2.38. The van der Waals surface area contributed by atoms with Gasteiger partial charge < -0.3 is 35.8 Å². The van der Waals surface area contributed by atoms with Crippen LogP contribution in [0.3, 0.4) is 0 Å². The third-order valence-corrected chi connectivity index (χ3v) is 7.80. The van der Waals surface area contributed by atoms with Gasteiger partial charge in [0.05, 0.1) is 25.1 Å². The van der Waals surface area contributed by atoms with Crippen molar-refractivity contribution in [3.05, 3.63) is 42.5 Å². The van der Waals surface area contributed by atoms with Gasteiger partial charge in [-0.25, -0.2) is 24.3 Å². The number of hydrogen-bond donors (Lipinski definition) is 6. The predicted molar refractivity (Wildman–Crippen MR) is 141 cm³/mol. The largest absolute Gasteiger partial charge is 0.527 e. The molecular formula is C24H30N7O9P. The normalized spacial score (nSPS) is 24.6. The third-order valence-electron chi connectivity index (χ3n) is 6.88. The number of hydrogen-bond acceptors (Lipinski definition) is 12.